The summed E-state index contributed by atoms with van der Waals surface area (Å²) in [6.45, 7) is 0.481. The second-order valence-corrected chi connectivity index (χ2v) is 6.76. The van der Waals surface area contributed by atoms with Crippen LogP contribution in [0.15, 0.2) is 41.8 Å². The SMILES string of the molecule is O=S(=O)([O-])O/N=C1\CCn2c(-c3cccnc3)nc3c(Cl)ccc1c32.[K+]. The van der Waals surface area contributed by atoms with E-state index < -0.39 is 10.4 Å². The Morgan fingerprint density at radius 3 is 2.81 bits per heavy atom. The van der Waals surface area contributed by atoms with E-state index >= 15 is 0 Å². The van der Waals surface area contributed by atoms with Gasteiger partial charge in [-0.1, -0.05) is 16.8 Å². The minimum Gasteiger partial charge on any atom is -0.714 e. The quantitative estimate of drug-likeness (QED) is 0.243. The first-order valence-corrected chi connectivity index (χ1v) is 8.96. The van der Waals surface area contributed by atoms with Crippen molar-refractivity contribution < 1.29 is 68.6 Å². The molecule has 26 heavy (non-hydrogen) atoms. The van der Waals surface area contributed by atoms with Crippen molar-refractivity contribution in [1.29, 1.82) is 0 Å². The Kier molecular flexibility index (Phi) is 5.85. The molecule has 0 fully saturated rings. The van der Waals surface area contributed by atoms with Crippen molar-refractivity contribution in [1.82, 2.24) is 14.5 Å². The molecule has 8 nitrogen and oxygen atoms in total. The Morgan fingerprint density at radius 1 is 1.31 bits per heavy atom. The summed E-state index contributed by atoms with van der Waals surface area (Å²) in [4.78, 5) is 8.72. The second kappa shape index (κ2) is 7.64. The molecule has 0 spiro atoms. The van der Waals surface area contributed by atoms with Crippen molar-refractivity contribution in [2.24, 2.45) is 5.16 Å². The predicted octanol–water partition coefficient (Wildman–Crippen LogP) is -0.660. The molecule has 128 valence electrons. The van der Waals surface area contributed by atoms with Crippen LogP contribution in [0, 0.1) is 0 Å². The molecule has 0 bridgehead atoms. The predicted molar refractivity (Wildman–Crippen MR) is 89.9 cm³/mol. The molecule has 11 heteroatoms. The average Bonchev–Trinajstić information content (AvgIpc) is 2.98. The van der Waals surface area contributed by atoms with Gasteiger partial charge in [0.25, 0.3) is 10.4 Å². The van der Waals surface area contributed by atoms with E-state index in [1.165, 1.54) is 0 Å². The molecule has 0 saturated carbocycles. The number of pyridine rings is 1. The molecule has 1 aliphatic rings. The maximum Gasteiger partial charge on any atom is 1.00 e. The third kappa shape index (κ3) is 3.73. The smallest absolute Gasteiger partial charge is 0.714 e. The fourth-order valence-corrected chi connectivity index (χ4v) is 3.29. The van der Waals surface area contributed by atoms with Gasteiger partial charge in [-0.05, 0) is 24.3 Å². The van der Waals surface area contributed by atoms with Gasteiger partial charge >= 0.3 is 51.4 Å². The Labute approximate surface area is 196 Å². The Hall–Kier alpha value is -0.854. The van der Waals surface area contributed by atoms with Gasteiger partial charge in [0, 0.05) is 36.5 Å². The number of oxime groups is 1. The van der Waals surface area contributed by atoms with Gasteiger partial charge in [-0.2, -0.15) is 8.42 Å². The molecule has 3 heterocycles. The fourth-order valence-electron chi connectivity index (χ4n) is 2.91. The summed E-state index contributed by atoms with van der Waals surface area (Å²) in [6, 6.07) is 7.06. The Bertz CT molecular complexity index is 1120. The van der Waals surface area contributed by atoms with Crippen molar-refractivity contribution in [3.05, 3.63) is 47.2 Å². The first-order chi connectivity index (χ1) is 11.9. The Morgan fingerprint density at radius 2 is 2.12 bits per heavy atom. The summed E-state index contributed by atoms with van der Waals surface area (Å²) in [6.07, 6.45) is 3.75. The first kappa shape index (κ1) is 19.9. The van der Waals surface area contributed by atoms with Gasteiger partial charge < -0.3 is 9.12 Å². The van der Waals surface area contributed by atoms with Crippen LogP contribution in [0.2, 0.25) is 5.02 Å². The van der Waals surface area contributed by atoms with E-state index in [2.05, 4.69) is 19.4 Å². The van der Waals surface area contributed by atoms with Gasteiger partial charge in [-0.25, -0.2) is 4.98 Å². The molecule has 3 aromatic rings. The fraction of sp³-hybridized carbons (Fsp3) is 0.133. The summed E-state index contributed by atoms with van der Waals surface area (Å²) in [5.41, 5.74) is 3.08. The summed E-state index contributed by atoms with van der Waals surface area (Å²) < 4.78 is 38.1. The number of nitrogens with zero attached hydrogens (tertiary/aromatic N) is 4. The van der Waals surface area contributed by atoms with Gasteiger partial charge in [-0.15, -0.1) is 0 Å². The van der Waals surface area contributed by atoms with Crippen LogP contribution < -0.4 is 51.4 Å². The largest absolute Gasteiger partial charge is 1.00 e. The minimum absolute atomic E-state index is 0. The number of imidazole rings is 1. The standard InChI is InChI=1S/C15H11ClN4O4S.K/c16-11-4-3-10-12(19-24-25(21,22)23)5-7-20-14(10)13(11)18-15(20)9-2-1-6-17-8-9;/h1-4,6,8H,5,7H2,(H,21,22,23);/q;+1/p-1/b19-12+;. The van der Waals surface area contributed by atoms with Crippen LogP contribution in [-0.2, 0) is 21.2 Å². The molecule has 1 aliphatic heterocycles. The summed E-state index contributed by atoms with van der Waals surface area (Å²) in [5, 5.41) is 3.97. The molecule has 0 atom stereocenters. The van der Waals surface area contributed by atoms with Crippen molar-refractivity contribution in [2.45, 2.75) is 13.0 Å². The van der Waals surface area contributed by atoms with E-state index in [-0.39, 0.29) is 51.4 Å². The van der Waals surface area contributed by atoms with E-state index in [0.717, 1.165) is 5.56 Å². The monoisotopic (exact) mass is 416 g/mol. The normalized spacial score (nSPS) is 15.1. The van der Waals surface area contributed by atoms with Crippen molar-refractivity contribution in [2.75, 3.05) is 0 Å². The van der Waals surface area contributed by atoms with Crippen LogP contribution in [0.5, 0.6) is 0 Å². The average molecular weight is 417 g/mol. The summed E-state index contributed by atoms with van der Waals surface area (Å²) in [5.74, 6) is 0.703. The zero-order valence-electron chi connectivity index (χ0n) is 13.6. The number of aryl methyl sites for hydroxylation is 1. The molecule has 0 N–H and O–H groups in total. The van der Waals surface area contributed by atoms with Gasteiger partial charge in [0.1, 0.15) is 11.3 Å². The third-order valence-electron chi connectivity index (χ3n) is 3.89. The van der Waals surface area contributed by atoms with Crippen molar-refractivity contribution in [3.63, 3.8) is 0 Å². The number of halogens is 1. The van der Waals surface area contributed by atoms with E-state index in [9.17, 15) is 13.0 Å². The zero-order valence-corrected chi connectivity index (χ0v) is 18.3. The number of aromatic nitrogens is 3. The van der Waals surface area contributed by atoms with Crippen molar-refractivity contribution >= 4 is 38.7 Å². The topological polar surface area (TPSA) is 110 Å². The van der Waals surface area contributed by atoms with Crippen LogP contribution in [0.4, 0.5) is 0 Å². The molecule has 0 radical (unpaired) electrons. The van der Waals surface area contributed by atoms with Crippen LogP contribution in [-0.4, -0.2) is 33.2 Å². The summed E-state index contributed by atoms with van der Waals surface area (Å²) >= 11 is 6.27. The van der Waals surface area contributed by atoms with E-state index in [0.29, 0.717) is 46.1 Å². The van der Waals surface area contributed by atoms with E-state index in [4.69, 9.17) is 11.6 Å². The molecule has 4 rings (SSSR count). The number of hydrogen-bond donors (Lipinski definition) is 0. The van der Waals surface area contributed by atoms with Crippen LogP contribution in [0.3, 0.4) is 0 Å². The molecular formula is C15H10ClKN4O4S. The number of benzene rings is 1. The maximum absolute atomic E-state index is 10.7. The first-order valence-electron chi connectivity index (χ1n) is 7.25. The molecule has 0 amide bonds. The molecule has 1 aromatic carbocycles. The zero-order chi connectivity index (χ0) is 17.6. The molecule has 0 saturated heterocycles. The van der Waals surface area contributed by atoms with Gasteiger partial charge in [0.15, 0.2) is 0 Å². The summed E-state index contributed by atoms with van der Waals surface area (Å²) in [7, 11) is -4.91. The molecule has 2 aromatic heterocycles. The molecule has 0 aliphatic carbocycles. The van der Waals surface area contributed by atoms with Crippen LogP contribution in [0.25, 0.3) is 22.4 Å². The van der Waals surface area contributed by atoms with Gasteiger partial charge in [0.05, 0.1) is 16.3 Å². The van der Waals surface area contributed by atoms with Crippen LogP contribution >= 0.6 is 11.6 Å². The second-order valence-electron chi connectivity index (χ2n) is 5.39. The number of rotatable bonds is 3. The minimum atomic E-state index is -4.91. The molecular weight excluding hydrogens is 407 g/mol. The third-order valence-corrected chi connectivity index (χ3v) is 4.45. The van der Waals surface area contributed by atoms with E-state index in [1.54, 1.807) is 24.5 Å². The van der Waals surface area contributed by atoms with E-state index in [1.807, 2.05) is 16.7 Å². The maximum atomic E-state index is 10.7. The van der Waals surface area contributed by atoms with Crippen molar-refractivity contribution in [3.8, 4) is 11.4 Å². The van der Waals surface area contributed by atoms with Crippen LogP contribution in [0.1, 0.15) is 12.0 Å². The number of hydrogen-bond acceptors (Lipinski definition) is 7. The van der Waals surface area contributed by atoms with Gasteiger partial charge in [0.2, 0.25) is 0 Å². The Balaban J connectivity index is 0.00000196. The molecule has 0 unspecified atom stereocenters. The van der Waals surface area contributed by atoms with Gasteiger partial charge in [-0.3, -0.25) is 9.27 Å².